The molecule has 0 amide bonds. The fourth-order valence-electron chi connectivity index (χ4n) is 9.44. The summed E-state index contributed by atoms with van der Waals surface area (Å²) >= 11 is 0. The topological polar surface area (TPSA) is 150 Å². The van der Waals surface area contributed by atoms with Crippen LogP contribution in [0.1, 0.15) is 83.8 Å². The second kappa shape index (κ2) is 16.7. The zero-order valence-electron chi connectivity index (χ0n) is 30.6. The van der Waals surface area contributed by atoms with Crippen molar-refractivity contribution < 1.29 is 38.7 Å². The number of phenolic OH excluding ortho intramolecular Hbond substituents is 1. The summed E-state index contributed by atoms with van der Waals surface area (Å²) in [4.78, 5) is 25.2. The number of nitrogens with two attached hydrogens (primary N) is 1. The van der Waals surface area contributed by atoms with Gasteiger partial charge in [0.1, 0.15) is 12.2 Å². The Morgan fingerprint density at radius 1 is 1.00 bits per heavy atom. The van der Waals surface area contributed by atoms with E-state index in [4.69, 9.17) is 24.7 Å². The van der Waals surface area contributed by atoms with Crippen LogP contribution in [0.25, 0.3) is 5.57 Å². The van der Waals surface area contributed by atoms with Gasteiger partial charge < -0.3 is 40.2 Å². The fraction of sp³-hybridized carbons (Fsp3) is 0.650. The van der Waals surface area contributed by atoms with Gasteiger partial charge in [-0.05, 0) is 121 Å². The van der Waals surface area contributed by atoms with Gasteiger partial charge in [0.25, 0.3) is 0 Å². The number of esters is 2. The monoisotopic (exact) mass is 694 g/mol. The Hall–Kier alpha value is -3.50. The van der Waals surface area contributed by atoms with Crippen molar-refractivity contribution in [2.45, 2.75) is 103 Å². The summed E-state index contributed by atoms with van der Waals surface area (Å²) in [5, 5.41) is 25.7. The minimum absolute atomic E-state index is 0.0178. The number of hydrogen-bond donors (Lipinski definition) is 4. The molecule has 10 atom stereocenters. The highest BCUT2D eigenvalue weighted by Crippen LogP contribution is 2.53. The first-order valence-electron chi connectivity index (χ1n) is 18.4. The van der Waals surface area contributed by atoms with Crippen LogP contribution in [-0.4, -0.2) is 67.3 Å². The second-order valence-electron chi connectivity index (χ2n) is 15.3. The summed E-state index contributed by atoms with van der Waals surface area (Å²) in [6.45, 7) is 7.99. The summed E-state index contributed by atoms with van der Waals surface area (Å²) in [5.74, 6) is 2.32. The minimum atomic E-state index is -0.572. The van der Waals surface area contributed by atoms with Gasteiger partial charge in [-0.15, -0.1) is 0 Å². The molecule has 0 spiro atoms. The van der Waals surface area contributed by atoms with E-state index in [-0.39, 0.29) is 29.7 Å². The standard InChI is InChI=1S/C40H58N2O8/c1-22(2)32-14-25-7-9-30(47-5)19-35-34(25)15-28(32)13-29(16-36(35)45)38(50-24(4)44)20-31(49-23(3)43)10-8-26-17-39(48-6)37(46)21-33(26)27-11-12-42-40(41)18-27/h7,9,11,17-18,21-22,25,28-32,34-36,38,42,45-46H,8,10,12-16,19-20,41H2,1-6H3. The van der Waals surface area contributed by atoms with E-state index in [0.29, 0.717) is 73.4 Å². The van der Waals surface area contributed by atoms with Crippen LogP contribution in [0, 0.1) is 41.4 Å². The number of hydrogen-bond acceptors (Lipinski definition) is 10. The van der Waals surface area contributed by atoms with E-state index < -0.39 is 24.3 Å². The number of aliphatic hydroxyl groups is 1. The summed E-state index contributed by atoms with van der Waals surface area (Å²) < 4.78 is 23.3. The molecule has 10 nitrogen and oxygen atoms in total. The number of rotatable bonds is 12. The van der Waals surface area contributed by atoms with Gasteiger partial charge in [-0.3, -0.25) is 9.59 Å². The van der Waals surface area contributed by atoms with E-state index in [1.165, 1.54) is 21.0 Å². The number of dihydropyridines is 1. The molecule has 4 aliphatic rings. The van der Waals surface area contributed by atoms with Crippen LogP contribution in [0.3, 0.4) is 0 Å². The zero-order chi connectivity index (χ0) is 36.1. The van der Waals surface area contributed by atoms with E-state index in [1.807, 2.05) is 18.2 Å². The van der Waals surface area contributed by atoms with Crippen LogP contribution in [0.2, 0.25) is 0 Å². The molecule has 5 N–H and O–H groups in total. The number of benzene rings is 1. The quantitative estimate of drug-likeness (QED) is 0.160. The summed E-state index contributed by atoms with van der Waals surface area (Å²) in [7, 11) is 3.24. The molecule has 1 heterocycles. The Labute approximate surface area is 297 Å². The third-order valence-electron chi connectivity index (χ3n) is 11.8. The number of methoxy groups -OCH3 is 2. The van der Waals surface area contributed by atoms with Crippen molar-refractivity contribution in [3.8, 4) is 11.5 Å². The van der Waals surface area contributed by atoms with Gasteiger partial charge in [-0.2, -0.15) is 0 Å². The second-order valence-corrected chi connectivity index (χ2v) is 15.3. The average Bonchev–Trinajstić information content (AvgIpc) is 3.23. The first-order valence-corrected chi connectivity index (χ1v) is 18.4. The molecule has 1 aromatic rings. The van der Waals surface area contributed by atoms with Gasteiger partial charge in [0.05, 0.1) is 25.1 Å². The lowest BCUT2D eigenvalue weighted by atomic mass is 9.57. The number of aliphatic hydroxyl groups excluding tert-OH is 1. The van der Waals surface area contributed by atoms with E-state index in [0.717, 1.165) is 42.4 Å². The van der Waals surface area contributed by atoms with Gasteiger partial charge in [0, 0.05) is 33.9 Å². The van der Waals surface area contributed by atoms with Gasteiger partial charge >= 0.3 is 11.9 Å². The van der Waals surface area contributed by atoms with Crippen LogP contribution in [-0.2, 0) is 30.2 Å². The van der Waals surface area contributed by atoms with E-state index in [9.17, 15) is 19.8 Å². The largest absolute Gasteiger partial charge is 0.504 e. The zero-order valence-corrected chi connectivity index (χ0v) is 30.6. The van der Waals surface area contributed by atoms with Crippen molar-refractivity contribution in [2.75, 3.05) is 20.8 Å². The number of aryl methyl sites for hydroxylation is 1. The van der Waals surface area contributed by atoms with E-state index in [2.05, 4.69) is 31.3 Å². The highest BCUT2D eigenvalue weighted by Gasteiger charge is 2.48. The minimum Gasteiger partial charge on any atom is -0.504 e. The van der Waals surface area contributed by atoms with Crippen LogP contribution in [0.4, 0.5) is 0 Å². The molecule has 2 fully saturated rings. The third kappa shape index (κ3) is 9.04. The number of fused-ring (bicyclic) bond motifs is 1. The fourth-order valence-corrected chi connectivity index (χ4v) is 9.44. The maximum absolute atomic E-state index is 12.7. The Morgan fingerprint density at radius 2 is 1.76 bits per heavy atom. The number of carbonyl (C=O) groups excluding carboxylic acids is 2. The Balaban J connectivity index is 1.43. The predicted molar refractivity (Wildman–Crippen MR) is 192 cm³/mol. The average molecular weight is 695 g/mol. The third-order valence-corrected chi connectivity index (χ3v) is 11.8. The molecule has 10 unspecified atom stereocenters. The molecule has 5 rings (SSSR count). The highest BCUT2D eigenvalue weighted by atomic mass is 16.6. The number of ether oxygens (including phenoxy) is 4. The van der Waals surface area contributed by atoms with Gasteiger partial charge in [-0.25, -0.2) is 0 Å². The lowest BCUT2D eigenvalue weighted by molar-refractivity contribution is -0.158. The number of phenols is 1. The van der Waals surface area contributed by atoms with Crippen molar-refractivity contribution in [1.29, 1.82) is 0 Å². The van der Waals surface area contributed by atoms with Crippen molar-refractivity contribution >= 4 is 17.5 Å². The molecule has 1 aromatic carbocycles. The summed E-state index contributed by atoms with van der Waals surface area (Å²) in [5.41, 5.74) is 8.66. The molecule has 3 aliphatic carbocycles. The molecule has 50 heavy (non-hydrogen) atoms. The summed E-state index contributed by atoms with van der Waals surface area (Å²) in [6, 6.07) is 3.49. The first-order chi connectivity index (χ1) is 23.9. The normalized spacial score (nSPS) is 30.4. The lowest BCUT2D eigenvalue weighted by Crippen LogP contribution is -2.46. The highest BCUT2D eigenvalue weighted by molar-refractivity contribution is 5.79. The van der Waals surface area contributed by atoms with Crippen LogP contribution >= 0.6 is 0 Å². The van der Waals surface area contributed by atoms with Gasteiger partial charge in [-0.1, -0.05) is 32.1 Å². The van der Waals surface area contributed by atoms with Crippen LogP contribution in [0.15, 0.2) is 42.3 Å². The smallest absolute Gasteiger partial charge is 0.302 e. The molecule has 2 saturated carbocycles. The number of allylic oxidation sites excluding steroid dienone is 3. The molecule has 0 saturated heterocycles. The Bertz CT molecular complexity index is 1450. The SMILES string of the molecule is COc1cc(CCC(CC(OC(C)=O)C2CC(O)C3CC(OC)C=CC4CC(C(C)C)C(C2)CC43)OC(C)=O)c(C2=CCNC(N)=C2)cc1O. The molecule has 0 aromatic heterocycles. The molecule has 10 heteroatoms. The maximum Gasteiger partial charge on any atom is 0.302 e. The van der Waals surface area contributed by atoms with E-state index >= 15 is 0 Å². The number of aromatic hydroxyl groups is 1. The molecular formula is C40H58N2O8. The first kappa shape index (κ1) is 37.7. The number of carbonyl (C=O) groups is 2. The van der Waals surface area contributed by atoms with Crippen molar-refractivity contribution in [1.82, 2.24) is 5.32 Å². The molecule has 0 radical (unpaired) electrons. The van der Waals surface area contributed by atoms with Crippen molar-refractivity contribution in [2.24, 2.45) is 47.2 Å². The van der Waals surface area contributed by atoms with Gasteiger partial charge in [0.15, 0.2) is 11.5 Å². The maximum atomic E-state index is 12.7. The Morgan fingerprint density at radius 3 is 2.42 bits per heavy atom. The van der Waals surface area contributed by atoms with Gasteiger partial charge in [0.2, 0.25) is 0 Å². The summed E-state index contributed by atoms with van der Waals surface area (Å²) in [6.07, 6.45) is 12.2. The van der Waals surface area contributed by atoms with E-state index in [1.54, 1.807) is 13.2 Å². The molecule has 276 valence electrons. The molecular weight excluding hydrogens is 636 g/mol. The molecule has 2 bridgehead atoms. The predicted octanol–water partition coefficient (Wildman–Crippen LogP) is 5.65. The Kier molecular flexibility index (Phi) is 12.6. The van der Waals surface area contributed by atoms with Crippen molar-refractivity contribution in [3.05, 3.63) is 53.4 Å². The van der Waals surface area contributed by atoms with Crippen LogP contribution < -0.4 is 15.8 Å². The lowest BCUT2D eigenvalue weighted by Gasteiger charge is -2.50. The van der Waals surface area contributed by atoms with Crippen molar-refractivity contribution in [3.63, 3.8) is 0 Å². The number of nitrogens with one attached hydrogen (secondary N) is 1. The van der Waals surface area contributed by atoms with Crippen LogP contribution in [0.5, 0.6) is 11.5 Å². The molecule has 1 aliphatic heterocycles.